The molecule has 2 aromatic heterocycles. The van der Waals surface area contributed by atoms with Crippen LogP contribution in [-0.2, 0) is 9.53 Å². The maximum Gasteiger partial charge on any atom is 0.348 e. The zero-order valence-electron chi connectivity index (χ0n) is 22.6. The first-order valence-electron chi connectivity index (χ1n) is 14.2. The van der Waals surface area contributed by atoms with Crippen LogP contribution >= 0.6 is 54.5 Å². The highest BCUT2D eigenvalue weighted by Crippen LogP contribution is 2.44. The lowest BCUT2D eigenvalue weighted by atomic mass is 9.94. The molecule has 0 N–H and O–H groups in total. The highest BCUT2D eigenvalue weighted by atomic mass is 79.9. The van der Waals surface area contributed by atoms with E-state index in [1.165, 1.54) is 89.9 Å². The Hall–Kier alpha value is -0.680. The van der Waals surface area contributed by atoms with E-state index in [9.17, 15) is 10.1 Å². The van der Waals surface area contributed by atoms with Crippen molar-refractivity contribution in [1.82, 2.24) is 0 Å². The summed E-state index contributed by atoms with van der Waals surface area (Å²) >= 11 is 10.4. The second-order valence-corrected chi connectivity index (χ2v) is 14.7. The van der Waals surface area contributed by atoms with Crippen LogP contribution in [0.15, 0.2) is 19.2 Å². The molecule has 0 saturated carbocycles. The van der Waals surface area contributed by atoms with Gasteiger partial charge in [-0.1, -0.05) is 104 Å². The number of nitrogens with zero attached hydrogens (tertiary/aromatic N) is 1. The number of hydrogen-bond donors (Lipinski definition) is 0. The first kappa shape index (κ1) is 32.5. The Kier molecular flexibility index (Phi) is 17.0. The van der Waals surface area contributed by atoms with Gasteiger partial charge in [0.15, 0.2) is 0 Å². The van der Waals surface area contributed by atoms with Crippen LogP contribution < -0.4 is 0 Å². The highest BCUT2D eigenvalue weighted by molar-refractivity contribution is 9.12. The summed E-state index contributed by atoms with van der Waals surface area (Å²) in [4.78, 5) is 13.7. The van der Waals surface area contributed by atoms with E-state index in [0.717, 1.165) is 35.4 Å². The van der Waals surface area contributed by atoms with Crippen molar-refractivity contribution in [3.8, 4) is 6.07 Å². The molecule has 0 aliphatic carbocycles. The number of nitriles is 1. The van der Waals surface area contributed by atoms with E-state index in [1.54, 1.807) is 28.7 Å². The fraction of sp³-hybridized carbons (Fsp3) is 0.667. The minimum atomic E-state index is -0.500. The van der Waals surface area contributed by atoms with Crippen molar-refractivity contribution in [2.45, 2.75) is 117 Å². The standard InChI is InChI=1S/C30H43Br2NO2S2/c1-3-5-7-9-11-12-14-16-18-23(17-15-13-10-8-6-4-2)22-35-30(34)24(21-33)19-25-20-26-27(36-25)29(32)37-28(26)31/h19-20,23H,3-18,22H2,1-2H3/b24-19-. The third kappa shape index (κ3) is 12.4. The van der Waals surface area contributed by atoms with E-state index in [-0.39, 0.29) is 5.57 Å². The van der Waals surface area contributed by atoms with Gasteiger partial charge in [0.05, 0.1) is 18.9 Å². The number of halogens is 2. The molecule has 0 saturated heterocycles. The normalized spacial score (nSPS) is 12.7. The Morgan fingerprint density at radius 3 is 1.95 bits per heavy atom. The quantitative estimate of drug-likeness (QED) is 0.0608. The summed E-state index contributed by atoms with van der Waals surface area (Å²) < 4.78 is 8.93. The summed E-state index contributed by atoms with van der Waals surface area (Å²) in [5, 5.41) is 10.7. The molecule has 1 unspecified atom stereocenters. The maximum atomic E-state index is 12.8. The van der Waals surface area contributed by atoms with E-state index in [2.05, 4.69) is 51.8 Å². The number of rotatable bonds is 20. The molecule has 0 amide bonds. The van der Waals surface area contributed by atoms with Crippen molar-refractivity contribution in [3.63, 3.8) is 0 Å². The molecule has 3 nitrogen and oxygen atoms in total. The largest absolute Gasteiger partial charge is 0.461 e. The first-order chi connectivity index (χ1) is 18.0. The lowest BCUT2D eigenvalue weighted by Crippen LogP contribution is -2.15. The summed E-state index contributed by atoms with van der Waals surface area (Å²) in [6.07, 6.45) is 22.0. The topological polar surface area (TPSA) is 50.1 Å². The van der Waals surface area contributed by atoms with Crippen LogP contribution in [0.1, 0.15) is 121 Å². The van der Waals surface area contributed by atoms with Gasteiger partial charge in [0, 0.05) is 10.3 Å². The highest BCUT2D eigenvalue weighted by Gasteiger charge is 2.17. The Labute approximate surface area is 249 Å². The molecular weight excluding hydrogens is 630 g/mol. The van der Waals surface area contributed by atoms with E-state index in [1.807, 2.05) is 6.07 Å². The van der Waals surface area contributed by atoms with Gasteiger partial charge in [0.25, 0.3) is 0 Å². The van der Waals surface area contributed by atoms with Crippen LogP contribution in [0.4, 0.5) is 0 Å². The minimum Gasteiger partial charge on any atom is -0.461 e. The maximum absolute atomic E-state index is 12.8. The molecule has 2 heterocycles. The van der Waals surface area contributed by atoms with Crippen molar-refractivity contribution >= 4 is 76.7 Å². The lowest BCUT2D eigenvalue weighted by Gasteiger charge is -2.17. The average Bonchev–Trinajstić information content (AvgIpc) is 3.43. The van der Waals surface area contributed by atoms with Crippen molar-refractivity contribution in [2.75, 3.05) is 6.61 Å². The van der Waals surface area contributed by atoms with E-state index in [4.69, 9.17) is 4.74 Å². The number of carbonyl (C=O) groups excluding carboxylic acids is 1. The van der Waals surface area contributed by atoms with Gasteiger partial charge in [0.2, 0.25) is 0 Å². The van der Waals surface area contributed by atoms with Crippen LogP contribution in [0.5, 0.6) is 0 Å². The van der Waals surface area contributed by atoms with Crippen molar-refractivity contribution in [3.05, 3.63) is 24.1 Å². The van der Waals surface area contributed by atoms with E-state index < -0.39 is 5.97 Å². The molecule has 7 heteroatoms. The molecule has 1 atom stereocenters. The Balaban J connectivity index is 1.86. The van der Waals surface area contributed by atoms with E-state index in [0.29, 0.717) is 12.5 Å². The molecule has 37 heavy (non-hydrogen) atoms. The number of hydrogen-bond acceptors (Lipinski definition) is 5. The Morgan fingerprint density at radius 1 is 0.892 bits per heavy atom. The average molecular weight is 674 g/mol. The van der Waals surface area contributed by atoms with E-state index >= 15 is 0 Å². The zero-order chi connectivity index (χ0) is 26.9. The first-order valence-corrected chi connectivity index (χ1v) is 17.4. The van der Waals surface area contributed by atoms with Gasteiger partial charge < -0.3 is 4.74 Å². The third-order valence-corrected chi connectivity index (χ3v) is 10.9. The van der Waals surface area contributed by atoms with Crippen molar-refractivity contribution in [2.24, 2.45) is 5.92 Å². The van der Waals surface area contributed by atoms with Crippen LogP contribution in [0, 0.1) is 17.2 Å². The van der Waals surface area contributed by atoms with Gasteiger partial charge in [-0.25, -0.2) is 4.79 Å². The predicted molar refractivity (Wildman–Crippen MR) is 168 cm³/mol. The number of unbranched alkanes of at least 4 members (excludes halogenated alkanes) is 12. The van der Waals surface area contributed by atoms with Gasteiger partial charge >= 0.3 is 5.97 Å². The van der Waals surface area contributed by atoms with Gasteiger partial charge in [-0.05, 0) is 62.8 Å². The second-order valence-electron chi connectivity index (χ2n) is 10.00. The summed E-state index contributed by atoms with van der Waals surface area (Å²) in [5.74, 6) is -0.116. The molecule has 206 valence electrons. The molecule has 2 rings (SSSR count). The molecule has 0 radical (unpaired) electrons. The molecular formula is C30H43Br2NO2S2. The van der Waals surface area contributed by atoms with Gasteiger partial charge in [0.1, 0.15) is 11.6 Å². The van der Waals surface area contributed by atoms with Crippen LogP contribution in [0.2, 0.25) is 0 Å². The zero-order valence-corrected chi connectivity index (χ0v) is 27.4. The molecule has 0 fully saturated rings. The molecule has 0 aliphatic rings. The molecule has 0 aliphatic heterocycles. The molecule has 2 aromatic rings. The number of fused-ring (bicyclic) bond motifs is 1. The monoisotopic (exact) mass is 671 g/mol. The fourth-order valence-electron chi connectivity index (χ4n) is 4.59. The molecule has 0 aromatic carbocycles. The Morgan fingerprint density at radius 2 is 1.43 bits per heavy atom. The van der Waals surface area contributed by atoms with Crippen LogP contribution in [-0.4, -0.2) is 12.6 Å². The summed E-state index contributed by atoms with van der Waals surface area (Å²) in [6, 6.07) is 4.08. The summed E-state index contributed by atoms with van der Waals surface area (Å²) in [5.41, 5.74) is 0.0743. The summed E-state index contributed by atoms with van der Waals surface area (Å²) in [6.45, 7) is 4.92. The van der Waals surface area contributed by atoms with Gasteiger partial charge in [-0.3, -0.25) is 0 Å². The smallest absolute Gasteiger partial charge is 0.348 e. The third-order valence-electron chi connectivity index (χ3n) is 6.83. The number of esters is 1. The number of ether oxygens (including phenoxy) is 1. The van der Waals surface area contributed by atoms with Gasteiger partial charge in [-0.2, -0.15) is 5.26 Å². The van der Waals surface area contributed by atoms with Gasteiger partial charge in [-0.15, -0.1) is 22.7 Å². The molecule has 0 bridgehead atoms. The van der Waals surface area contributed by atoms with Crippen molar-refractivity contribution < 1.29 is 9.53 Å². The SMILES string of the molecule is CCCCCCCCCCC(CCCCCCCC)COC(=O)/C(C#N)=C\c1cc2c(Br)sc(Br)c2s1. The lowest BCUT2D eigenvalue weighted by molar-refractivity contribution is -0.140. The van der Waals surface area contributed by atoms with Crippen LogP contribution in [0.25, 0.3) is 16.2 Å². The fourth-order valence-corrected chi connectivity index (χ4v) is 9.00. The summed E-state index contributed by atoms with van der Waals surface area (Å²) in [7, 11) is 0. The Bertz CT molecular complexity index is 971. The van der Waals surface area contributed by atoms with Crippen LogP contribution in [0.3, 0.4) is 0 Å². The number of thiophene rings is 2. The minimum absolute atomic E-state index is 0.0743. The van der Waals surface area contributed by atoms with Crippen molar-refractivity contribution in [1.29, 1.82) is 5.26 Å². The predicted octanol–water partition coefficient (Wildman–Crippen LogP) is 11.8. The second kappa shape index (κ2) is 19.4. The number of carbonyl (C=O) groups is 1. The molecule has 0 spiro atoms.